The van der Waals surface area contributed by atoms with Crippen LogP contribution in [0.25, 0.3) is 0 Å². The van der Waals surface area contributed by atoms with Crippen molar-refractivity contribution in [2.24, 2.45) is 0 Å². The van der Waals surface area contributed by atoms with Crippen molar-refractivity contribution in [3.63, 3.8) is 0 Å². The highest BCUT2D eigenvalue weighted by molar-refractivity contribution is 4.71. The summed E-state index contributed by atoms with van der Waals surface area (Å²) in [6, 6.07) is -0.116. The van der Waals surface area contributed by atoms with E-state index in [0.717, 1.165) is 39.0 Å². The Morgan fingerprint density at radius 3 is 1.39 bits per heavy atom. The molecule has 2 N–H and O–H groups in total. The molecule has 0 radical (unpaired) electrons. The zero-order chi connectivity index (χ0) is 14.0. The molecule has 5 nitrogen and oxygen atoms in total. The van der Waals surface area contributed by atoms with Gasteiger partial charge >= 0.3 is 0 Å². The lowest BCUT2D eigenvalue weighted by Gasteiger charge is -2.30. The van der Waals surface area contributed by atoms with Gasteiger partial charge in [0.25, 0.3) is 0 Å². The SMILES string of the molecule is CN(C)CCCN(CCCN(C)C)C(CO)CO. The van der Waals surface area contributed by atoms with Gasteiger partial charge in [-0.2, -0.15) is 0 Å². The standard InChI is InChI=1S/C13H31N3O2/c1-14(2)7-5-9-16(13(11-17)12-18)10-6-8-15(3)4/h13,17-18H,5-12H2,1-4H3. The van der Waals surface area contributed by atoms with Crippen LogP contribution < -0.4 is 0 Å². The van der Waals surface area contributed by atoms with E-state index in [1.165, 1.54) is 0 Å². The van der Waals surface area contributed by atoms with Crippen LogP contribution in [0.5, 0.6) is 0 Å². The molecule has 0 bridgehead atoms. The van der Waals surface area contributed by atoms with Crippen LogP contribution in [0.1, 0.15) is 12.8 Å². The lowest BCUT2D eigenvalue weighted by atomic mass is 10.2. The number of aliphatic hydroxyl groups is 2. The van der Waals surface area contributed by atoms with Gasteiger partial charge in [-0.05, 0) is 67.2 Å². The molecule has 0 atom stereocenters. The highest BCUT2D eigenvalue weighted by Crippen LogP contribution is 2.03. The quantitative estimate of drug-likeness (QED) is 0.527. The average molecular weight is 261 g/mol. The minimum Gasteiger partial charge on any atom is -0.395 e. The van der Waals surface area contributed by atoms with Crippen LogP contribution in [0.4, 0.5) is 0 Å². The van der Waals surface area contributed by atoms with E-state index in [0.29, 0.717) is 0 Å². The van der Waals surface area contributed by atoms with E-state index in [-0.39, 0.29) is 19.3 Å². The van der Waals surface area contributed by atoms with Crippen molar-refractivity contribution in [1.29, 1.82) is 0 Å². The monoisotopic (exact) mass is 261 g/mol. The second kappa shape index (κ2) is 10.7. The Morgan fingerprint density at radius 1 is 0.722 bits per heavy atom. The molecule has 0 aliphatic carbocycles. The minimum absolute atomic E-state index is 0.0282. The van der Waals surface area contributed by atoms with Crippen LogP contribution in [-0.2, 0) is 0 Å². The fraction of sp³-hybridized carbons (Fsp3) is 1.00. The van der Waals surface area contributed by atoms with Crippen molar-refractivity contribution in [2.75, 3.05) is 67.6 Å². The van der Waals surface area contributed by atoms with E-state index < -0.39 is 0 Å². The summed E-state index contributed by atoms with van der Waals surface area (Å²) in [4.78, 5) is 6.52. The van der Waals surface area contributed by atoms with Gasteiger partial charge in [0.2, 0.25) is 0 Å². The molecule has 0 amide bonds. The first-order valence-corrected chi connectivity index (χ1v) is 6.76. The summed E-state index contributed by atoms with van der Waals surface area (Å²) in [6.07, 6.45) is 2.12. The van der Waals surface area contributed by atoms with E-state index in [9.17, 15) is 10.2 Å². The van der Waals surface area contributed by atoms with Gasteiger partial charge in [-0.1, -0.05) is 0 Å². The molecule has 0 aromatic carbocycles. The number of hydrogen-bond donors (Lipinski definition) is 2. The van der Waals surface area contributed by atoms with Crippen LogP contribution in [0, 0.1) is 0 Å². The Morgan fingerprint density at radius 2 is 1.11 bits per heavy atom. The summed E-state index contributed by atoms with van der Waals surface area (Å²) >= 11 is 0. The lowest BCUT2D eigenvalue weighted by molar-refractivity contribution is 0.0693. The van der Waals surface area contributed by atoms with Crippen LogP contribution in [0.2, 0.25) is 0 Å². The molecule has 0 aliphatic rings. The number of nitrogens with zero attached hydrogens (tertiary/aromatic N) is 3. The summed E-state index contributed by atoms with van der Waals surface area (Å²) in [5.41, 5.74) is 0. The molecule has 0 heterocycles. The molecule has 0 spiro atoms. The summed E-state index contributed by atoms with van der Waals surface area (Å²) in [5, 5.41) is 18.6. The fourth-order valence-corrected chi connectivity index (χ4v) is 1.95. The van der Waals surface area contributed by atoms with Gasteiger partial charge in [0, 0.05) is 0 Å². The first-order valence-electron chi connectivity index (χ1n) is 6.76. The molecular weight excluding hydrogens is 230 g/mol. The van der Waals surface area contributed by atoms with Crippen molar-refractivity contribution >= 4 is 0 Å². The number of hydrogen-bond acceptors (Lipinski definition) is 5. The van der Waals surface area contributed by atoms with Gasteiger partial charge < -0.3 is 20.0 Å². The zero-order valence-electron chi connectivity index (χ0n) is 12.5. The van der Waals surface area contributed by atoms with Crippen LogP contribution >= 0.6 is 0 Å². The molecule has 0 aliphatic heterocycles. The zero-order valence-corrected chi connectivity index (χ0v) is 12.5. The third-order valence-corrected chi connectivity index (χ3v) is 3.04. The second-order valence-corrected chi connectivity index (χ2v) is 5.37. The Kier molecular flexibility index (Phi) is 10.6. The predicted molar refractivity (Wildman–Crippen MR) is 75.9 cm³/mol. The normalized spacial score (nSPS) is 12.3. The molecule has 0 saturated heterocycles. The predicted octanol–water partition coefficient (Wildman–Crippen LogP) is -0.455. The molecule has 0 saturated carbocycles. The van der Waals surface area contributed by atoms with Gasteiger partial charge in [-0.3, -0.25) is 4.90 Å². The molecule has 0 fully saturated rings. The van der Waals surface area contributed by atoms with Gasteiger partial charge in [0.05, 0.1) is 19.3 Å². The van der Waals surface area contributed by atoms with Crippen molar-refractivity contribution < 1.29 is 10.2 Å². The van der Waals surface area contributed by atoms with E-state index in [1.807, 2.05) is 0 Å². The maximum Gasteiger partial charge on any atom is 0.0609 e. The molecule has 0 rings (SSSR count). The number of rotatable bonds is 11. The van der Waals surface area contributed by atoms with Crippen LogP contribution in [-0.4, -0.2) is 98.5 Å². The highest BCUT2D eigenvalue weighted by Gasteiger charge is 2.16. The van der Waals surface area contributed by atoms with Crippen molar-refractivity contribution in [3.05, 3.63) is 0 Å². The Balaban J connectivity index is 4.07. The molecule has 5 heteroatoms. The highest BCUT2D eigenvalue weighted by atomic mass is 16.3. The van der Waals surface area contributed by atoms with Crippen LogP contribution in [0.15, 0.2) is 0 Å². The van der Waals surface area contributed by atoms with E-state index in [1.54, 1.807) is 0 Å². The third kappa shape index (κ3) is 8.83. The molecular formula is C13H31N3O2. The molecule has 0 aromatic rings. The maximum absolute atomic E-state index is 9.29. The van der Waals surface area contributed by atoms with Gasteiger partial charge in [-0.25, -0.2) is 0 Å². The molecule has 0 aromatic heterocycles. The van der Waals surface area contributed by atoms with Gasteiger partial charge in [-0.15, -0.1) is 0 Å². The average Bonchev–Trinajstić information content (AvgIpc) is 2.29. The van der Waals surface area contributed by atoms with Crippen molar-refractivity contribution in [3.8, 4) is 0 Å². The van der Waals surface area contributed by atoms with E-state index in [2.05, 4.69) is 42.9 Å². The summed E-state index contributed by atoms with van der Waals surface area (Å²) in [7, 11) is 8.25. The van der Waals surface area contributed by atoms with E-state index >= 15 is 0 Å². The topological polar surface area (TPSA) is 50.2 Å². The Bertz CT molecular complexity index is 171. The summed E-state index contributed by atoms with van der Waals surface area (Å²) in [5.74, 6) is 0. The van der Waals surface area contributed by atoms with Gasteiger partial charge in [0.15, 0.2) is 0 Å². The Hall–Kier alpha value is -0.200. The Labute approximate surface area is 112 Å². The third-order valence-electron chi connectivity index (χ3n) is 3.04. The molecule has 18 heavy (non-hydrogen) atoms. The van der Waals surface area contributed by atoms with Crippen molar-refractivity contribution in [2.45, 2.75) is 18.9 Å². The summed E-state index contributed by atoms with van der Waals surface area (Å²) < 4.78 is 0. The summed E-state index contributed by atoms with van der Waals surface area (Å²) in [6.45, 7) is 3.98. The second-order valence-electron chi connectivity index (χ2n) is 5.37. The molecule has 0 unspecified atom stereocenters. The number of aliphatic hydroxyl groups excluding tert-OH is 2. The van der Waals surface area contributed by atoms with Gasteiger partial charge in [0.1, 0.15) is 0 Å². The molecule has 110 valence electrons. The first-order chi connectivity index (χ1) is 8.51. The van der Waals surface area contributed by atoms with E-state index in [4.69, 9.17) is 0 Å². The van der Waals surface area contributed by atoms with Crippen molar-refractivity contribution in [1.82, 2.24) is 14.7 Å². The smallest absolute Gasteiger partial charge is 0.0609 e. The maximum atomic E-state index is 9.29. The minimum atomic E-state index is -0.116. The lowest BCUT2D eigenvalue weighted by Crippen LogP contribution is -2.43. The fourth-order valence-electron chi connectivity index (χ4n) is 1.95. The largest absolute Gasteiger partial charge is 0.395 e. The first kappa shape index (κ1) is 17.8. The van der Waals surface area contributed by atoms with Crippen LogP contribution in [0.3, 0.4) is 0 Å².